The van der Waals surface area contributed by atoms with Crippen LogP contribution in [0.15, 0.2) is 17.6 Å². The summed E-state index contributed by atoms with van der Waals surface area (Å²) in [7, 11) is -3.89. The lowest BCUT2D eigenvalue weighted by Gasteiger charge is -2.11. The molecular formula is C8H12N6O2S. The summed E-state index contributed by atoms with van der Waals surface area (Å²) in [4.78, 5) is 0. The van der Waals surface area contributed by atoms with Crippen LogP contribution in [0.5, 0.6) is 0 Å². The Morgan fingerprint density at radius 1 is 1.41 bits per heavy atom. The van der Waals surface area contributed by atoms with Gasteiger partial charge in [-0.25, -0.2) is 13.6 Å². The molecule has 3 N–H and O–H groups in total. The Bertz CT molecular complexity index is 612. The van der Waals surface area contributed by atoms with E-state index in [9.17, 15) is 8.42 Å². The van der Waals surface area contributed by atoms with Gasteiger partial charge >= 0.3 is 0 Å². The number of rotatable bonds is 3. The highest BCUT2D eigenvalue weighted by atomic mass is 32.2. The highest BCUT2D eigenvalue weighted by Crippen LogP contribution is 2.22. The van der Waals surface area contributed by atoms with Crippen molar-refractivity contribution in [2.75, 3.05) is 0 Å². The van der Waals surface area contributed by atoms with Crippen molar-refractivity contribution in [3.63, 3.8) is 0 Å². The molecule has 0 unspecified atom stereocenters. The van der Waals surface area contributed by atoms with Crippen LogP contribution in [0.4, 0.5) is 0 Å². The second kappa shape index (κ2) is 3.93. The van der Waals surface area contributed by atoms with Gasteiger partial charge in [-0.2, -0.15) is 5.10 Å². The summed E-state index contributed by atoms with van der Waals surface area (Å²) in [6.45, 7) is 3.64. The Hall–Kier alpha value is -1.74. The zero-order chi connectivity index (χ0) is 12.6. The van der Waals surface area contributed by atoms with Crippen LogP contribution in [0, 0.1) is 0 Å². The zero-order valence-electron chi connectivity index (χ0n) is 9.32. The fraction of sp³-hybridized carbons (Fsp3) is 0.375. The highest BCUT2D eigenvalue weighted by Gasteiger charge is 2.23. The lowest BCUT2D eigenvalue weighted by atomic mass is 10.3. The topological polar surface area (TPSA) is 120 Å². The maximum atomic E-state index is 11.4. The normalized spacial score (nSPS) is 12.2. The molecule has 0 bridgehead atoms. The fourth-order valence-corrected chi connectivity index (χ4v) is 2.23. The molecule has 2 heterocycles. The van der Waals surface area contributed by atoms with Crippen molar-refractivity contribution in [2.24, 2.45) is 5.14 Å². The van der Waals surface area contributed by atoms with Crippen molar-refractivity contribution in [3.05, 3.63) is 12.4 Å². The van der Waals surface area contributed by atoms with Crippen LogP contribution in [-0.2, 0) is 10.0 Å². The van der Waals surface area contributed by atoms with Crippen molar-refractivity contribution in [3.8, 4) is 11.4 Å². The van der Waals surface area contributed by atoms with E-state index in [2.05, 4.69) is 20.4 Å². The molecule has 0 aromatic carbocycles. The first-order valence-electron chi connectivity index (χ1n) is 4.88. The van der Waals surface area contributed by atoms with Crippen LogP contribution in [0.3, 0.4) is 0 Å². The first-order valence-corrected chi connectivity index (χ1v) is 6.42. The monoisotopic (exact) mass is 256 g/mol. The van der Waals surface area contributed by atoms with Crippen LogP contribution in [0.1, 0.15) is 19.9 Å². The molecule has 0 saturated carbocycles. The molecule has 0 aliphatic carbocycles. The predicted molar refractivity (Wildman–Crippen MR) is 59.4 cm³/mol. The number of primary sulfonamides is 1. The molecule has 0 spiro atoms. The third-order valence-electron chi connectivity index (χ3n) is 2.19. The van der Waals surface area contributed by atoms with Crippen molar-refractivity contribution >= 4 is 10.0 Å². The van der Waals surface area contributed by atoms with Crippen molar-refractivity contribution in [1.82, 2.24) is 25.0 Å². The molecule has 0 fully saturated rings. The first-order chi connectivity index (χ1) is 7.91. The molecule has 0 atom stereocenters. The lowest BCUT2D eigenvalue weighted by molar-refractivity contribution is 0.524. The third kappa shape index (κ3) is 2.06. The molecule has 92 valence electrons. The molecule has 9 heteroatoms. The number of aromatic nitrogens is 5. The fourth-order valence-electron chi connectivity index (χ4n) is 1.51. The van der Waals surface area contributed by atoms with E-state index in [1.807, 2.05) is 13.8 Å². The van der Waals surface area contributed by atoms with E-state index in [4.69, 9.17) is 5.14 Å². The predicted octanol–water partition coefficient (Wildman–Crippen LogP) is -0.104. The number of nitrogens with two attached hydrogens (primary N) is 1. The maximum Gasteiger partial charge on any atom is 0.273 e. The summed E-state index contributed by atoms with van der Waals surface area (Å²) >= 11 is 0. The SMILES string of the molecule is CC(C)n1c(-c2cn[nH]c2)nnc1S(N)(=O)=O. The molecule has 0 amide bonds. The molecule has 8 nitrogen and oxygen atoms in total. The van der Waals surface area contributed by atoms with E-state index in [-0.39, 0.29) is 11.2 Å². The number of H-pyrrole nitrogens is 1. The second-order valence-corrected chi connectivity index (χ2v) is 5.26. The summed E-state index contributed by atoms with van der Waals surface area (Å²) in [5, 5.41) is 18.7. The van der Waals surface area contributed by atoms with Crippen molar-refractivity contribution in [1.29, 1.82) is 0 Å². The molecule has 0 radical (unpaired) electrons. The van der Waals surface area contributed by atoms with Crippen LogP contribution < -0.4 is 5.14 Å². The number of aromatic amines is 1. The first kappa shape index (κ1) is 11.7. The summed E-state index contributed by atoms with van der Waals surface area (Å²) in [6, 6.07) is -0.136. The maximum absolute atomic E-state index is 11.4. The molecule has 0 saturated heterocycles. The van der Waals surface area contributed by atoms with Gasteiger partial charge < -0.3 is 0 Å². The van der Waals surface area contributed by atoms with Crippen LogP contribution in [-0.4, -0.2) is 33.4 Å². The van der Waals surface area contributed by atoms with Gasteiger partial charge in [0.25, 0.3) is 15.2 Å². The Kier molecular flexibility index (Phi) is 2.71. The second-order valence-electron chi connectivity index (χ2n) is 3.80. The Balaban J connectivity index is 2.68. The Morgan fingerprint density at radius 2 is 2.12 bits per heavy atom. The summed E-state index contributed by atoms with van der Waals surface area (Å²) in [5.74, 6) is 0.415. The summed E-state index contributed by atoms with van der Waals surface area (Å²) in [5.41, 5.74) is 0.654. The van der Waals surface area contributed by atoms with Gasteiger partial charge in [0.05, 0.1) is 11.8 Å². The van der Waals surface area contributed by atoms with Gasteiger partial charge in [0.2, 0.25) is 0 Å². The Morgan fingerprint density at radius 3 is 2.59 bits per heavy atom. The van der Waals surface area contributed by atoms with Crippen LogP contribution >= 0.6 is 0 Å². The third-order valence-corrected chi connectivity index (χ3v) is 2.98. The molecule has 0 aliphatic rings. The van der Waals surface area contributed by atoms with Gasteiger partial charge in [0.15, 0.2) is 5.82 Å². The molecule has 2 aromatic rings. The average Bonchev–Trinajstić information content (AvgIpc) is 2.84. The molecule has 0 aliphatic heterocycles. The molecule has 2 aromatic heterocycles. The number of nitrogens with zero attached hydrogens (tertiary/aromatic N) is 4. The van der Waals surface area contributed by atoms with Gasteiger partial charge in [0, 0.05) is 12.2 Å². The average molecular weight is 256 g/mol. The van der Waals surface area contributed by atoms with Gasteiger partial charge in [-0.3, -0.25) is 9.67 Å². The number of hydrogen-bond acceptors (Lipinski definition) is 5. The van der Waals surface area contributed by atoms with Crippen molar-refractivity contribution < 1.29 is 8.42 Å². The molecule has 2 rings (SSSR count). The van der Waals surface area contributed by atoms with Crippen molar-refractivity contribution in [2.45, 2.75) is 25.0 Å². The Labute approximate surface area is 97.9 Å². The van der Waals surface area contributed by atoms with E-state index in [0.29, 0.717) is 11.4 Å². The van der Waals surface area contributed by atoms with E-state index >= 15 is 0 Å². The molecule has 17 heavy (non-hydrogen) atoms. The van der Waals surface area contributed by atoms with Crippen LogP contribution in [0.25, 0.3) is 11.4 Å². The van der Waals surface area contributed by atoms with Gasteiger partial charge in [-0.15, -0.1) is 10.2 Å². The van der Waals surface area contributed by atoms with E-state index in [1.165, 1.54) is 10.8 Å². The number of nitrogens with one attached hydrogen (secondary N) is 1. The minimum absolute atomic E-state index is 0.136. The van der Waals surface area contributed by atoms with Gasteiger partial charge in [0.1, 0.15) is 0 Å². The number of sulfonamides is 1. The van der Waals surface area contributed by atoms with E-state index in [1.54, 1.807) is 6.20 Å². The van der Waals surface area contributed by atoms with E-state index in [0.717, 1.165) is 0 Å². The van der Waals surface area contributed by atoms with Gasteiger partial charge in [-0.1, -0.05) is 0 Å². The lowest BCUT2D eigenvalue weighted by Crippen LogP contribution is -2.20. The number of hydrogen-bond donors (Lipinski definition) is 2. The standard InChI is InChI=1S/C8H12N6O2S/c1-5(2)14-7(6-3-10-11-4-6)12-13-8(14)17(9,15)16/h3-5H,1-2H3,(H,10,11)(H2,9,15,16). The summed E-state index contributed by atoms with van der Waals surface area (Å²) < 4.78 is 24.2. The summed E-state index contributed by atoms with van der Waals surface area (Å²) in [6.07, 6.45) is 3.14. The zero-order valence-corrected chi connectivity index (χ0v) is 10.1. The minimum atomic E-state index is -3.89. The van der Waals surface area contributed by atoms with Crippen LogP contribution in [0.2, 0.25) is 0 Å². The smallest absolute Gasteiger partial charge is 0.273 e. The quantitative estimate of drug-likeness (QED) is 0.794. The highest BCUT2D eigenvalue weighted by molar-refractivity contribution is 7.89. The minimum Gasteiger partial charge on any atom is -0.294 e. The van der Waals surface area contributed by atoms with Gasteiger partial charge in [-0.05, 0) is 13.8 Å². The molecular weight excluding hydrogens is 244 g/mol. The largest absolute Gasteiger partial charge is 0.294 e. The van der Waals surface area contributed by atoms with E-state index < -0.39 is 10.0 Å².